The van der Waals surface area contributed by atoms with Crippen LogP contribution >= 0.6 is 0 Å². The molecule has 8 heteroatoms. The van der Waals surface area contributed by atoms with Crippen LogP contribution in [0.4, 0.5) is 0 Å². The van der Waals surface area contributed by atoms with Crippen LogP contribution in [0, 0.1) is 0 Å². The van der Waals surface area contributed by atoms with E-state index >= 15 is 0 Å². The van der Waals surface area contributed by atoms with E-state index in [1.807, 2.05) is 11.5 Å². The maximum Gasteiger partial charge on any atom is 0.323 e. The van der Waals surface area contributed by atoms with Crippen molar-refractivity contribution < 1.29 is 19.5 Å². The maximum absolute atomic E-state index is 12.2. The first kappa shape index (κ1) is 16.7. The first-order valence-electron chi connectivity index (χ1n) is 6.69. The number of aromatic nitrogens is 2. The average Bonchev–Trinajstić information content (AvgIpc) is 2.90. The van der Waals surface area contributed by atoms with Crippen molar-refractivity contribution in [3.05, 3.63) is 18.7 Å². The molecular weight excluding hydrogens is 276 g/mol. The number of carbonyl (C=O) groups is 3. The molecule has 1 rings (SSSR count). The van der Waals surface area contributed by atoms with Gasteiger partial charge in [0.15, 0.2) is 0 Å². The topological polar surface area (TPSA) is 119 Å². The molecule has 1 aromatic rings. The van der Waals surface area contributed by atoms with E-state index in [9.17, 15) is 14.4 Å². The normalized spacial score (nSPS) is 11.9. The third-order valence-electron chi connectivity index (χ3n) is 3.00. The molecule has 0 spiro atoms. The molecule has 0 fully saturated rings. The third-order valence-corrected chi connectivity index (χ3v) is 3.00. The van der Waals surface area contributed by atoms with Gasteiger partial charge in [0.1, 0.15) is 6.54 Å². The molecular formula is C13H20N4O4. The van der Waals surface area contributed by atoms with E-state index in [0.29, 0.717) is 0 Å². The zero-order chi connectivity index (χ0) is 15.8. The number of hydrogen-bond donors (Lipinski definition) is 2. The Kier molecular flexibility index (Phi) is 6.38. The Morgan fingerprint density at radius 1 is 1.38 bits per heavy atom. The fourth-order valence-corrected chi connectivity index (χ4v) is 2.09. The monoisotopic (exact) mass is 296 g/mol. The van der Waals surface area contributed by atoms with Crippen LogP contribution in [0.1, 0.15) is 32.2 Å². The number of carboxylic acids is 1. The fourth-order valence-electron chi connectivity index (χ4n) is 2.09. The molecule has 8 nitrogen and oxygen atoms in total. The van der Waals surface area contributed by atoms with Gasteiger partial charge in [0.05, 0.1) is 12.9 Å². The summed E-state index contributed by atoms with van der Waals surface area (Å²) in [5, 5.41) is 8.81. The largest absolute Gasteiger partial charge is 0.480 e. The Hall–Kier alpha value is -2.38. The summed E-state index contributed by atoms with van der Waals surface area (Å²) in [6.45, 7) is 1.06. The van der Waals surface area contributed by atoms with E-state index in [1.54, 1.807) is 18.7 Å². The van der Waals surface area contributed by atoms with Crippen LogP contribution in [0.3, 0.4) is 0 Å². The number of nitrogens with two attached hydrogens (primary N) is 1. The van der Waals surface area contributed by atoms with Crippen molar-refractivity contribution in [1.29, 1.82) is 0 Å². The first-order chi connectivity index (χ1) is 9.93. The van der Waals surface area contributed by atoms with Gasteiger partial charge in [-0.3, -0.25) is 14.4 Å². The zero-order valence-corrected chi connectivity index (χ0v) is 11.9. The smallest absolute Gasteiger partial charge is 0.323 e. The Bertz CT molecular complexity index is 470. The summed E-state index contributed by atoms with van der Waals surface area (Å²) in [5.41, 5.74) is 5.05. The summed E-state index contributed by atoms with van der Waals surface area (Å²) >= 11 is 0. The molecule has 116 valence electrons. The molecule has 0 aliphatic carbocycles. The Labute approximate surface area is 122 Å². The maximum atomic E-state index is 12.2. The van der Waals surface area contributed by atoms with Crippen LogP contribution in [0.5, 0.6) is 0 Å². The van der Waals surface area contributed by atoms with Gasteiger partial charge in [-0.25, -0.2) is 4.98 Å². The second kappa shape index (κ2) is 8.03. The van der Waals surface area contributed by atoms with Crippen molar-refractivity contribution in [2.75, 3.05) is 13.1 Å². The summed E-state index contributed by atoms with van der Waals surface area (Å²) in [6.07, 6.45) is 6.70. The van der Waals surface area contributed by atoms with Crippen molar-refractivity contribution in [3.8, 4) is 0 Å². The first-order valence-corrected chi connectivity index (χ1v) is 6.69. The summed E-state index contributed by atoms with van der Waals surface area (Å²) in [5.74, 6) is -2.33. The second-order valence-corrected chi connectivity index (χ2v) is 4.77. The van der Waals surface area contributed by atoms with Gasteiger partial charge in [-0.15, -0.1) is 0 Å². The number of carboxylic acid groups (broad SMARTS) is 1. The number of aliphatic carboxylic acids is 1. The van der Waals surface area contributed by atoms with Crippen LogP contribution in [0.25, 0.3) is 0 Å². The van der Waals surface area contributed by atoms with Gasteiger partial charge >= 0.3 is 5.97 Å². The minimum atomic E-state index is -1.18. The molecule has 0 bridgehead atoms. The van der Waals surface area contributed by atoms with E-state index in [0.717, 1.165) is 17.7 Å². The molecule has 1 aromatic heterocycles. The van der Waals surface area contributed by atoms with Crippen molar-refractivity contribution >= 4 is 17.8 Å². The molecule has 1 unspecified atom stereocenters. The number of rotatable bonds is 9. The summed E-state index contributed by atoms with van der Waals surface area (Å²) in [4.78, 5) is 38.9. The summed E-state index contributed by atoms with van der Waals surface area (Å²) in [6, 6.07) is -0.117. The molecule has 0 aliphatic heterocycles. The van der Waals surface area contributed by atoms with Gasteiger partial charge in [-0.2, -0.15) is 0 Å². The Morgan fingerprint density at radius 2 is 2.10 bits per heavy atom. The molecule has 1 atom stereocenters. The molecule has 21 heavy (non-hydrogen) atoms. The Balaban J connectivity index is 2.76. The number of imidazole rings is 1. The van der Waals surface area contributed by atoms with E-state index < -0.39 is 30.9 Å². The van der Waals surface area contributed by atoms with Gasteiger partial charge in [0.2, 0.25) is 11.8 Å². The van der Waals surface area contributed by atoms with Gasteiger partial charge < -0.3 is 20.3 Å². The molecule has 0 saturated carbocycles. The summed E-state index contributed by atoms with van der Waals surface area (Å²) in [7, 11) is 0. The molecule has 2 amide bonds. The van der Waals surface area contributed by atoms with Crippen LogP contribution in [0.15, 0.2) is 18.7 Å². The van der Waals surface area contributed by atoms with Crippen LogP contribution in [-0.2, 0) is 14.4 Å². The van der Waals surface area contributed by atoms with E-state index in [4.69, 9.17) is 10.8 Å². The van der Waals surface area contributed by atoms with Gasteiger partial charge in [-0.05, 0) is 6.42 Å². The molecule has 1 heterocycles. The predicted octanol–water partition coefficient (Wildman–Crippen LogP) is 0.0129. The van der Waals surface area contributed by atoms with Gasteiger partial charge in [0, 0.05) is 24.9 Å². The standard InChI is InChI=1S/C13H20N4O4/c1-2-3-10(16-5-4-15-9-16)6-12(19)17(7-11(14)18)8-13(20)21/h4-5,9-10H,2-3,6-8H2,1H3,(H2,14,18)(H,20,21). The van der Waals surface area contributed by atoms with Crippen molar-refractivity contribution in [2.45, 2.75) is 32.2 Å². The Morgan fingerprint density at radius 3 is 2.57 bits per heavy atom. The third kappa shape index (κ3) is 5.64. The highest BCUT2D eigenvalue weighted by Crippen LogP contribution is 2.19. The molecule has 0 aromatic carbocycles. The number of nitrogens with zero attached hydrogens (tertiary/aromatic N) is 3. The van der Waals surface area contributed by atoms with Gasteiger partial charge in [-0.1, -0.05) is 13.3 Å². The quantitative estimate of drug-likeness (QED) is 0.665. The highest BCUT2D eigenvalue weighted by molar-refractivity contribution is 5.86. The minimum Gasteiger partial charge on any atom is -0.480 e. The second-order valence-electron chi connectivity index (χ2n) is 4.77. The lowest BCUT2D eigenvalue weighted by Gasteiger charge is -2.23. The predicted molar refractivity (Wildman–Crippen MR) is 74.2 cm³/mol. The number of carbonyl (C=O) groups excluding carboxylic acids is 2. The van der Waals surface area contributed by atoms with Crippen molar-refractivity contribution in [2.24, 2.45) is 5.73 Å². The van der Waals surface area contributed by atoms with E-state index in [1.165, 1.54) is 0 Å². The highest BCUT2D eigenvalue weighted by Gasteiger charge is 2.22. The van der Waals surface area contributed by atoms with Crippen LogP contribution in [0.2, 0.25) is 0 Å². The molecule has 0 radical (unpaired) electrons. The molecule has 0 aliphatic rings. The fraction of sp³-hybridized carbons (Fsp3) is 0.538. The minimum absolute atomic E-state index is 0.102. The molecule has 0 saturated heterocycles. The molecule has 3 N–H and O–H groups in total. The highest BCUT2D eigenvalue weighted by atomic mass is 16.4. The van der Waals surface area contributed by atoms with Crippen LogP contribution in [-0.4, -0.2) is 50.4 Å². The average molecular weight is 296 g/mol. The number of amides is 2. The summed E-state index contributed by atoms with van der Waals surface area (Å²) < 4.78 is 1.81. The number of primary amides is 1. The lowest BCUT2D eigenvalue weighted by Crippen LogP contribution is -2.42. The van der Waals surface area contributed by atoms with Crippen molar-refractivity contribution in [3.63, 3.8) is 0 Å². The van der Waals surface area contributed by atoms with Crippen LogP contribution < -0.4 is 5.73 Å². The van der Waals surface area contributed by atoms with E-state index in [-0.39, 0.29) is 12.5 Å². The van der Waals surface area contributed by atoms with Gasteiger partial charge in [0.25, 0.3) is 0 Å². The zero-order valence-electron chi connectivity index (χ0n) is 11.9. The van der Waals surface area contributed by atoms with Crippen molar-refractivity contribution in [1.82, 2.24) is 14.5 Å². The SMILES string of the molecule is CCCC(CC(=O)N(CC(N)=O)CC(=O)O)n1ccnc1. The van der Waals surface area contributed by atoms with E-state index in [2.05, 4.69) is 4.98 Å². The number of hydrogen-bond acceptors (Lipinski definition) is 4. The lowest BCUT2D eigenvalue weighted by molar-refractivity contribution is -0.146. The lowest BCUT2D eigenvalue weighted by atomic mass is 10.1.